The van der Waals surface area contributed by atoms with Crippen LogP contribution in [0.15, 0.2) is 60.7 Å². The maximum atomic E-state index is 14.0. The Labute approximate surface area is 146 Å². The third-order valence-corrected chi connectivity index (χ3v) is 3.93. The minimum Gasteiger partial charge on any atom is -0.335 e. The summed E-state index contributed by atoms with van der Waals surface area (Å²) in [4.78, 5) is 11.9. The molecule has 0 saturated heterocycles. The number of carbonyl (C=O) groups excluding carboxylic acids is 1. The van der Waals surface area contributed by atoms with Gasteiger partial charge in [0.25, 0.3) is 5.91 Å². The highest BCUT2D eigenvalue weighted by Gasteiger charge is 2.39. The summed E-state index contributed by atoms with van der Waals surface area (Å²) in [5, 5.41) is 11.3. The minimum atomic E-state index is -3.50. The van der Waals surface area contributed by atoms with Crippen LogP contribution in [0.25, 0.3) is 0 Å². The number of rotatable bonds is 8. The van der Waals surface area contributed by atoms with Crippen molar-refractivity contribution in [1.82, 2.24) is 5.32 Å². The van der Waals surface area contributed by atoms with Crippen molar-refractivity contribution in [3.05, 3.63) is 71.8 Å². The molecule has 0 bridgehead atoms. The second kappa shape index (κ2) is 8.93. The third kappa shape index (κ3) is 6.00. The molecular formula is C20H20F2N2O. The molecule has 0 radical (unpaired) electrons. The molecule has 0 heterocycles. The van der Waals surface area contributed by atoms with Gasteiger partial charge in [-0.25, -0.2) is 0 Å². The smallest absolute Gasteiger partial charge is 0.324 e. The molecule has 2 aromatic rings. The number of alkyl halides is 2. The zero-order valence-electron chi connectivity index (χ0n) is 13.8. The molecule has 0 spiro atoms. The fourth-order valence-corrected chi connectivity index (χ4v) is 2.45. The van der Waals surface area contributed by atoms with E-state index in [4.69, 9.17) is 5.26 Å². The molecule has 1 amide bonds. The topological polar surface area (TPSA) is 52.9 Å². The van der Waals surface area contributed by atoms with E-state index in [0.29, 0.717) is 12.8 Å². The highest BCUT2D eigenvalue weighted by molar-refractivity contribution is 5.83. The van der Waals surface area contributed by atoms with Gasteiger partial charge < -0.3 is 5.32 Å². The lowest BCUT2D eigenvalue weighted by molar-refractivity contribution is -0.146. The van der Waals surface area contributed by atoms with E-state index < -0.39 is 24.3 Å². The first-order chi connectivity index (χ1) is 12.0. The van der Waals surface area contributed by atoms with Gasteiger partial charge in [0.05, 0.1) is 6.07 Å². The molecule has 0 saturated carbocycles. The quantitative estimate of drug-likeness (QED) is 0.791. The highest BCUT2D eigenvalue weighted by Crippen LogP contribution is 2.22. The lowest BCUT2D eigenvalue weighted by Crippen LogP contribution is -2.45. The van der Waals surface area contributed by atoms with Crippen LogP contribution in [0.4, 0.5) is 8.78 Å². The van der Waals surface area contributed by atoms with Crippen LogP contribution in [0.1, 0.15) is 24.0 Å². The number of hydrogen-bond donors (Lipinski definition) is 1. The van der Waals surface area contributed by atoms with Crippen molar-refractivity contribution >= 4 is 5.91 Å². The summed E-state index contributed by atoms with van der Waals surface area (Å²) in [6, 6.07) is 19.2. The zero-order valence-corrected chi connectivity index (χ0v) is 13.8. The molecule has 0 aromatic heterocycles. The van der Waals surface area contributed by atoms with Crippen LogP contribution in [0.5, 0.6) is 0 Å². The van der Waals surface area contributed by atoms with Gasteiger partial charge in [0.15, 0.2) is 0 Å². The van der Waals surface area contributed by atoms with Gasteiger partial charge in [-0.3, -0.25) is 4.79 Å². The Morgan fingerprint density at radius 3 is 2.04 bits per heavy atom. The van der Waals surface area contributed by atoms with Gasteiger partial charge in [-0.2, -0.15) is 14.0 Å². The van der Waals surface area contributed by atoms with Crippen molar-refractivity contribution in [2.75, 3.05) is 0 Å². The molecule has 130 valence electrons. The van der Waals surface area contributed by atoms with Gasteiger partial charge in [-0.1, -0.05) is 60.7 Å². The van der Waals surface area contributed by atoms with Crippen LogP contribution < -0.4 is 5.32 Å². The molecule has 5 heteroatoms. The first-order valence-electron chi connectivity index (χ1n) is 8.17. The van der Waals surface area contributed by atoms with E-state index in [2.05, 4.69) is 5.32 Å². The fraction of sp³-hybridized carbons (Fsp3) is 0.300. The van der Waals surface area contributed by atoms with Crippen LogP contribution in [-0.2, 0) is 17.6 Å². The monoisotopic (exact) mass is 342 g/mol. The number of amides is 1. The molecule has 2 aromatic carbocycles. The Morgan fingerprint density at radius 2 is 1.52 bits per heavy atom. The average molecular weight is 342 g/mol. The van der Waals surface area contributed by atoms with Gasteiger partial charge in [0.2, 0.25) is 0 Å². The van der Waals surface area contributed by atoms with E-state index in [-0.39, 0.29) is 6.42 Å². The summed E-state index contributed by atoms with van der Waals surface area (Å²) in [5.74, 6) is -4.89. The number of aryl methyl sites for hydroxylation is 2. The number of halogens is 2. The van der Waals surface area contributed by atoms with Crippen molar-refractivity contribution in [1.29, 1.82) is 5.26 Å². The molecular weight excluding hydrogens is 322 g/mol. The third-order valence-electron chi connectivity index (χ3n) is 3.93. The van der Waals surface area contributed by atoms with Crippen molar-refractivity contribution in [2.24, 2.45) is 0 Å². The van der Waals surface area contributed by atoms with Crippen LogP contribution in [0.2, 0.25) is 0 Å². The van der Waals surface area contributed by atoms with Crippen LogP contribution in [0, 0.1) is 11.3 Å². The normalized spacial score (nSPS) is 12.2. The maximum absolute atomic E-state index is 14.0. The molecule has 0 aliphatic heterocycles. The molecule has 0 aliphatic rings. The summed E-state index contributed by atoms with van der Waals surface area (Å²) in [7, 11) is 0. The zero-order chi connectivity index (χ0) is 18.1. The maximum Gasteiger partial charge on any atom is 0.324 e. The highest BCUT2D eigenvalue weighted by atomic mass is 19.3. The van der Waals surface area contributed by atoms with Crippen LogP contribution in [0.3, 0.4) is 0 Å². The lowest BCUT2D eigenvalue weighted by atomic mass is 10.0. The fourth-order valence-electron chi connectivity index (χ4n) is 2.45. The molecule has 0 aliphatic carbocycles. The molecule has 1 unspecified atom stereocenters. The van der Waals surface area contributed by atoms with Gasteiger partial charge in [0, 0.05) is 6.42 Å². The second-order valence-electron chi connectivity index (χ2n) is 5.87. The Hall–Kier alpha value is -2.74. The van der Waals surface area contributed by atoms with E-state index in [9.17, 15) is 13.6 Å². The Kier molecular flexibility index (Phi) is 6.64. The standard InChI is InChI=1S/C20H20F2N2O/c21-20(22,14-13-17-9-5-2-6-10-17)19(25)24-18(15-23)12-11-16-7-3-1-4-8-16/h1-10,18H,11-14H2,(H,24,25). The van der Waals surface area contributed by atoms with E-state index in [1.165, 1.54) is 0 Å². The first kappa shape index (κ1) is 18.6. The van der Waals surface area contributed by atoms with E-state index in [1.54, 1.807) is 30.3 Å². The number of benzene rings is 2. The molecule has 2 rings (SSSR count). The van der Waals surface area contributed by atoms with E-state index >= 15 is 0 Å². The SMILES string of the molecule is N#CC(CCc1ccccc1)NC(=O)C(F)(F)CCc1ccccc1. The summed E-state index contributed by atoms with van der Waals surface area (Å²) in [5.41, 5.74) is 1.74. The summed E-state index contributed by atoms with van der Waals surface area (Å²) in [6.45, 7) is 0. The molecule has 1 atom stereocenters. The molecule has 1 N–H and O–H groups in total. The van der Waals surface area contributed by atoms with Crippen molar-refractivity contribution in [3.8, 4) is 6.07 Å². The number of nitrogens with zero attached hydrogens (tertiary/aromatic N) is 1. The van der Waals surface area contributed by atoms with Gasteiger partial charge in [0.1, 0.15) is 6.04 Å². The van der Waals surface area contributed by atoms with Crippen LogP contribution in [-0.4, -0.2) is 17.9 Å². The minimum absolute atomic E-state index is 0.0997. The molecule has 0 fully saturated rings. The van der Waals surface area contributed by atoms with Gasteiger partial charge in [-0.15, -0.1) is 0 Å². The number of nitrogens with one attached hydrogen (secondary N) is 1. The number of hydrogen-bond acceptors (Lipinski definition) is 2. The first-order valence-corrected chi connectivity index (χ1v) is 8.17. The number of carbonyl (C=O) groups is 1. The molecule has 25 heavy (non-hydrogen) atoms. The molecule has 3 nitrogen and oxygen atoms in total. The summed E-state index contributed by atoms with van der Waals surface area (Å²) < 4.78 is 28.1. The van der Waals surface area contributed by atoms with Crippen molar-refractivity contribution < 1.29 is 13.6 Å². The average Bonchev–Trinajstić information content (AvgIpc) is 2.65. The summed E-state index contributed by atoms with van der Waals surface area (Å²) >= 11 is 0. The Morgan fingerprint density at radius 1 is 1.00 bits per heavy atom. The summed E-state index contributed by atoms with van der Waals surface area (Å²) in [6.07, 6.45) is 0.345. The van der Waals surface area contributed by atoms with E-state index in [0.717, 1.165) is 11.1 Å². The predicted octanol–water partition coefficient (Wildman–Crippen LogP) is 3.90. The van der Waals surface area contributed by atoms with Crippen molar-refractivity contribution in [2.45, 2.75) is 37.6 Å². The van der Waals surface area contributed by atoms with Crippen molar-refractivity contribution in [3.63, 3.8) is 0 Å². The Balaban J connectivity index is 1.85. The lowest BCUT2D eigenvalue weighted by Gasteiger charge is -2.18. The number of nitriles is 1. The second-order valence-corrected chi connectivity index (χ2v) is 5.87. The van der Waals surface area contributed by atoms with Gasteiger partial charge in [-0.05, 0) is 30.4 Å². The largest absolute Gasteiger partial charge is 0.335 e. The van der Waals surface area contributed by atoms with E-state index in [1.807, 2.05) is 36.4 Å². The van der Waals surface area contributed by atoms with Gasteiger partial charge >= 0.3 is 5.92 Å². The van der Waals surface area contributed by atoms with Crippen LogP contribution >= 0.6 is 0 Å². The Bertz CT molecular complexity index is 711. The predicted molar refractivity (Wildman–Crippen MR) is 92.0 cm³/mol.